The Labute approximate surface area is 130 Å². The van der Waals surface area contributed by atoms with Crippen LogP contribution in [0.25, 0.3) is 0 Å². The number of halogens is 1. The summed E-state index contributed by atoms with van der Waals surface area (Å²) in [4.78, 5) is 2.65. The van der Waals surface area contributed by atoms with Crippen molar-refractivity contribution >= 4 is 38.8 Å². The average molecular weight is 360 g/mol. The van der Waals surface area contributed by atoms with E-state index in [2.05, 4.69) is 63.7 Å². The van der Waals surface area contributed by atoms with Crippen LogP contribution in [-0.4, -0.2) is 16.1 Å². The van der Waals surface area contributed by atoms with Gasteiger partial charge >= 0.3 is 0 Å². The van der Waals surface area contributed by atoms with Crippen molar-refractivity contribution in [1.82, 2.24) is 14.9 Å². The fourth-order valence-corrected chi connectivity index (χ4v) is 4.42. The van der Waals surface area contributed by atoms with Crippen LogP contribution in [0, 0.1) is 0 Å². The van der Waals surface area contributed by atoms with Crippen molar-refractivity contribution in [1.29, 1.82) is 0 Å². The van der Waals surface area contributed by atoms with Gasteiger partial charge < -0.3 is 5.32 Å². The van der Waals surface area contributed by atoms with E-state index in [9.17, 15) is 0 Å². The summed E-state index contributed by atoms with van der Waals surface area (Å²) in [5.41, 5.74) is 1.13. The smallest absolute Gasteiger partial charge is 0.0829 e. The third kappa shape index (κ3) is 3.84. The molecule has 0 spiro atoms. The highest BCUT2D eigenvalue weighted by atomic mass is 79.9. The number of likely N-dealkylation sites (N-methyl/N-ethyl adjacent to an activating group) is 1. The summed E-state index contributed by atoms with van der Waals surface area (Å²) in [6, 6.07) is 4.60. The van der Waals surface area contributed by atoms with Gasteiger partial charge in [-0.25, -0.2) is 0 Å². The molecular formula is C13H18BrN3S2. The summed E-state index contributed by atoms with van der Waals surface area (Å²) in [6.07, 6.45) is 0.994. The summed E-state index contributed by atoms with van der Waals surface area (Å²) in [6.45, 7) is 7.43. The van der Waals surface area contributed by atoms with E-state index < -0.39 is 0 Å². The number of nitrogens with zero attached hydrogens (tertiary/aromatic N) is 2. The normalized spacial score (nSPS) is 13.1. The molecule has 19 heavy (non-hydrogen) atoms. The molecule has 0 amide bonds. The maximum atomic E-state index is 4.29. The molecule has 3 nitrogen and oxygen atoms in total. The van der Waals surface area contributed by atoms with Gasteiger partial charge in [-0.3, -0.25) is 0 Å². The third-order valence-electron chi connectivity index (χ3n) is 2.89. The summed E-state index contributed by atoms with van der Waals surface area (Å²) < 4.78 is 5.32. The number of nitrogens with one attached hydrogen (secondary N) is 1. The third-order valence-corrected chi connectivity index (χ3v) is 5.39. The number of hydrogen-bond donors (Lipinski definition) is 1. The van der Waals surface area contributed by atoms with Gasteiger partial charge in [0.05, 0.1) is 14.4 Å². The number of thiophene rings is 1. The molecule has 104 valence electrons. The van der Waals surface area contributed by atoms with E-state index in [0.29, 0.717) is 12.0 Å². The van der Waals surface area contributed by atoms with Gasteiger partial charge in [0.1, 0.15) is 0 Å². The molecule has 0 aliphatic carbocycles. The molecule has 2 aromatic heterocycles. The van der Waals surface area contributed by atoms with E-state index in [1.807, 2.05) is 0 Å². The lowest BCUT2D eigenvalue weighted by Gasteiger charge is -2.17. The van der Waals surface area contributed by atoms with Crippen molar-refractivity contribution in [3.63, 3.8) is 0 Å². The second-order valence-electron chi connectivity index (χ2n) is 4.70. The van der Waals surface area contributed by atoms with Gasteiger partial charge in [-0.05, 0) is 52.1 Å². The fourth-order valence-electron chi connectivity index (χ4n) is 2.01. The SMILES string of the molecule is CCNC(Cc1ccc(Br)s1)c1snnc1C(C)C. The first kappa shape index (κ1) is 15.1. The number of hydrogen-bond acceptors (Lipinski definition) is 5. The van der Waals surface area contributed by atoms with Gasteiger partial charge in [0.15, 0.2) is 0 Å². The van der Waals surface area contributed by atoms with Crippen LogP contribution in [0.5, 0.6) is 0 Å². The van der Waals surface area contributed by atoms with Crippen molar-refractivity contribution in [2.75, 3.05) is 6.54 Å². The van der Waals surface area contributed by atoms with Crippen LogP contribution in [-0.2, 0) is 6.42 Å². The van der Waals surface area contributed by atoms with Crippen LogP contribution in [0.1, 0.15) is 48.2 Å². The van der Waals surface area contributed by atoms with Crippen molar-refractivity contribution in [3.05, 3.63) is 31.4 Å². The van der Waals surface area contributed by atoms with Crippen LogP contribution in [0.3, 0.4) is 0 Å². The monoisotopic (exact) mass is 359 g/mol. The van der Waals surface area contributed by atoms with Crippen LogP contribution in [0.2, 0.25) is 0 Å². The number of rotatable bonds is 6. The minimum atomic E-state index is 0.313. The molecule has 1 atom stereocenters. The van der Waals surface area contributed by atoms with Gasteiger partial charge in [0.2, 0.25) is 0 Å². The van der Waals surface area contributed by atoms with Crippen molar-refractivity contribution < 1.29 is 0 Å². The summed E-state index contributed by atoms with van der Waals surface area (Å²) in [7, 11) is 0. The van der Waals surface area contributed by atoms with Crippen LogP contribution >= 0.6 is 38.8 Å². The van der Waals surface area contributed by atoms with E-state index in [1.165, 1.54) is 25.1 Å². The first-order valence-corrected chi connectivity index (χ1v) is 8.79. The Kier molecular flexibility index (Phi) is 5.50. The highest BCUT2D eigenvalue weighted by Gasteiger charge is 2.21. The molecule has 2 rings (SSSR count). The van der Waals surface area contributed by atoms with E-state index in [4.69, 9.17) is 0 Å². The van der Waals surface area contributed by atoms with Gasteiger partial charge in [0.25, 0.3) is 0 Å². The largest absolute Gasteiger partial charge is 0.309 e. The van der Waals surface area contributed by atoms with Crippen LogP contribution in [0.15, 0.2) is 15.9 Å². The fraction of sp³-hybridized carbons (Fsp3) is 0.538. The second kappa shape index (κ2) is 6.92. The molecule has 0 saturated carbocycles. The Balaban J connectivity index is 2.21. The molecule has 0 radical (unpaired) electrons. The predicted molar refractivity (Wildman–Crippen MR) is 86.1 cm³/mol. The topological polar surface area (TPSA) is 37.8 Å². The molecule has 0 saturated heterocycles. The average Bonchev–Trinajstić information content (AvgIpc) is 2.97. The molecule has 0 fully saturated rings. The lowest BCUT2D eigenvalue weighted by Crippen LogP contribution is -2.23. The Bertz CT molecular complexity index is 521. The zero-order chi connectivity index (χ0) is 13.8. The highest BCUT2D eigenvalue weighted by molar-refractivity contribution is 9.11. The summed E-state index contributed by atoms with van der Waals surface area (Å²) >= 11 is 6.84. The molecule has 2 heterocycles. The quantitative estimate of drug-likeness (QED) is 0.831. The molecular weight excluding hydrogens is 342 g/mol. The number of aromatic nitrogens is 2. The Morgan fingerprint density at radius 1 is 1.37 bits per heavy atom. The lowest BCUT2D eigenvalue weighted by atomic mass is 10.0. The van der Waals surface area contributed by atoms with E-state index in [-0.39, 0.29) is 0 Å². The Hall–Kier alpha value is -0.300. The van der Waals surface area contributed by atoms with Crippen molar-refractivity contribution in [3.8, 4) is 0 Å². The van der Waals surface area contributed by atoms with Crippen molar-refractivity contribution in [2.24, 2.45) is 0 Å². The van der Waals surface area contributed by atoms with Gasteiger partial charge in [0, 0.05) is 17.3 Å². The Morgan fingerprint density at radius 2 is 2.16 bits per heavy atom. The zero-order valence-electron chi connectivity index (χ0n) is 11.3. The molecule has 0 bridgehead atoms. The minimum absolute atomic E-state index is 0.313. The molecule has 1 unspecified atom stereocenters. The molecule has 2 aromatic rings. The first-order chi connectivity index (χ1) is 9.11. The maximum absolute atomic E-state index is 4.29. The lowest BCUT2D eigenvalue weighted by molar-refractivity contribution is 0.552. The highest BCUT2D eigenvalue weighted by Crippen LogP contribution is 2.31. The second-order valence-corrected chi connectivity index (χ2v) is 8.03. The van der Waals surface area contributed by atoms with Gasteiger partial charge in [-0.1, -0.05) is 25.3 Å². The van der Waals surface area contributed by atoms with Crippen LogP contribution < -0.4 is 5.32 Å². The summed E-state index contributed by atoms with van der Waals surface area (Å²) in [5, 5.41) is 7.85. The minimum Gasteiger partial charge on any atom is -0.309 e. The molecule has 0 aliphatic rings. The maximum Gasteiger partial charge on any atom is 0.0829 e. The molecule has 6 heteroatoms. The Morgan fingerprint density at radius 3 is 2.74 bits per heavy atom. The van der Waals surface area contributed by atoms with Crippen molar-refractivity contribution in [2.45, 2.75) is 39.2 Å². The zero-order valence-corrected chi connectivity index (χ0v) is 14.5. The van der Waals surface area contributed by atoms with Gasteiger partial charge in [-0.2, -0.15) is 0 Å². The molecule has 1 N–H and O–H groups in total. The van der Waals surface area contributed by atoms with E-state index >= 15 is 0 Å². The van der Waals surface area contributed by atoms with E-state index in [1.54, 1.807) is 11.3 Å². The standard InChI is InChI=1S/C13H18BrN3S2/c1-4-15-10(7-9-5-6-11(14)18-9)13-12(8(2)3)16-17-19-13/h5-6,8,10,15H,4,7H2,1-3H3. The molecule has 0 aliphatic heterocycles. The van der Waals surface area contributed by atoms with Crippen LogP contribution in [0.4, 0.5) is 0 Å². The molecule has 0 aromatic carbocycles. The van der Waals surface area contributed by atoms with E-state index in [0.717, 1.165) is 18.7 Å². The summed E-state index contributed by atoms with van der Waals surface area (Å²) in [5.74, 6) is 0.421. The predicted octanol–water partition coefficient (Wildman–Crippen LogP) is 4.38. The first-order valence-electron chi connectivity index (χ1n) is 6.41. The van der Waals surface area contributed by atoms with Gasteiger partial charge in [-0.15, -0.1) is 16.4 Å².